The molecule has 0 aromatic carbocycles. The van der Waals surface area contributed by atoms with Crippen molar-refractivity contribution in [2.45, 2.75) is 129 Å². The first-order valence-electron chi connectivity index (χ1n) is 9.85. The van der Waals surface area contributed by atoms with Crippen LogP contribution in [0.5, 0.6) is 0 Å². The molecule has 0 heterocycles. The van der Waals surface area contributed by atoms with Crippen molar-refractivity contribution in [3.05, 3.63) is 0 Å². The van der Waals surface area contributed by atoms with Gasteiger partial charge in [0.25, 0.3) is 0 Å². The monoisotopic (exact) mass is 317 g/mol. The van der Waals surface area contributed by atoms with Gasteiger partial charge in [0.2, 0.25) is 0 Å². The first kappa shape index (κ1) is 24.1. The summed E-state index contributed by atoms with van der Waals surface area (Å²) >= 11 is 0. The van der Waals surface area contributed by atoms with E-state index in [1.54, 1.807) is 0 Å². The predicted octanol–water partition coefficient (Wildman–Crippen LogP) is 7.14. The van der Waals surface area contributed by atoms with Crippen LogP contribution in [0.3, 0.4) is 0 Å². The van der Waals surface area contributed by atoms with Gasteiger partial charge in [0.1, 0.15) is 0 Å². The Morgan fingerprint density at radius 3 is 1.09 bits per heavy atom. The zero-order chi connectivity index (χ0) is 15.8. The molecule has 0 rings (SSSR count). The average molecular weight is 318 g/mol. The van der Waals surface area contributed by atoms with Gasteiger partial charge >= 0.3 is 0 Å². The van der Waals surface area contributed by atoms with Gasteiger partial charge in [-0.15, -0.1) is 0 Å². The van der Waals surface area contributed by atoms with Crippen LogP contribution in [-0.4, -0.2) is 5.54 Å². The standard InChI is InChI=1S/C20H43N.FH/c1-4-5-6-7-8-9-10-11-12-13-14-15-16-17-18-19-20(2,3)21;/h4-19,21H2,1-3H3;1H. The molecule has 0 aromatic heterocycles. The Balaban J connectivity index is 0. The lowest BCUT2D eigenvalue weighted by Gasteiger charge is -2.17. The minimum absolute atomic E-state index is 0. The van der Waals surface area contributed by atoms with Gasteiger partial charge < -0.3 is 5.73 Å². The number of hydrogen-bond acceptors (Lipinski definition) is 1. The van der Waals surface area contributed by atoms with Gasteiger partial charge in [0, 0.05) is 5.54 Å². The fraction of sp³-hybridized carbons (Fsp3) is 1.00. The van der Waals surface area contributed by atoms with Gasteiger partial charge in [0.15, 0.2) is 0 Å². The highest BCUT2D eigenvalue weighted by atomic mass is 19.0. The summed E-state index contributed by atoms with van der Waals surface area (Å²) in [6.07, 6.45) is 22.7. The Hall–Kier alpha value is -0.110. The molecule has 0 saturated heterocycles. The molecule has 2 N–H and O–H groups in total. The maximum Gasteiger partial charge on any atom is 0.00970 e. The molecule has 0 amide bonds. The third-order valence-corrected chi connectivity index (χ3v) is 4.42. The number of hydrogen-bond donors (Lipinski definition) is 1. The first-order valence-corrected chi connectivity index (χ1v) is 9.85. The number of unbranched alkanes of at least 4 members (excludes halogenated alkanes) is 14. The van der Waals surface area contributed by atoms with E-state index in [1.807, 2.05) is 0 Å². The molecule has 0 aliphatic heterocycles. The van der Waals surface area contributed by atoms with Crippen LogP contribution in [-0.2, 0) is 0 Å². The summed E-state index contributed by atoms with van der Waals surface area (Å²) in [5.41, 5.74) is 6.03. The van der Waals surface area contributed by atoms with E-state index >= 15 is 0 Å². The predicted molar refractivity (Wildman–Crippen MR) is 100 cm³/mol. The van der Waals surface area contributed by atoms with E-state index in [0.717, 1.165) is 0 Å². The van der Waals surface area contributed by atoms with Crippen molar-refractivity contribution < 1.29 is 4.70 Å². The van der Waals surface area contributed by atoms with Gasteiger partial charge in [-0.25, -0.2) is 0 Å². The van der Waals surface area contributed by atoms with Crippen LogP contribution in [0.25, 0.3) is 0 Å². The lowest BCUT2D eigenvalue weighted by atomic mass is 9.97. The highest BCUT2D eigenvalue weighted by Gasteiger charge is 2.08. The zero-order valence-corrected chi connectivity index (χ0v) is 15.8. The molecule has 0 aliphatic carbocycles. The van der Waals surface area contributed by atoms with Crippen molar-refractivity contribution in [2.75, 3.05) is 0 Å². The summed E-state index contributed by atoms with van der Waals surface area (Å²) in [7, 11) is 0. The fourth-order valence-electron chi connectivity index (χ4n) is 2.95. The quantitative estimate of drug-likeness (QED) is 0.301. The van der Waals surface area contributed by atoms with E-state index in [1.165, 1.54) is 103 Å². The maximum absolute atomic E-state index is 5.99. The van der Waals surface area contributed by atoms with Crippen molar-refractivity contribution >= 4 is 0 Å². The van der Waals surface area contributed by atoms with Gasteiger partial charge in [-0.2, -0.15) is 0 Å². The summed E-state index contributed by atoms with van der Waals surface area (Å²) in [5.74, 6) is 0. The SMILES string of the molecule is CCCCCCCCCCCCCCCCCC(C)(C)N.F. The number of rotatable bonds is 16. The van der Waals surface area contributed by atoms with Crippen LogP contribution >= 0.6 is 0 Å². The summed E-state index contributed by atoms with van der Waals surface area (Å²) in [6.45, 7) is 6.56. The van der Waals surface area contributed by atoms with Gasteiger partial charge in [0.05, 0.1) is 0 Å². The molecule has 0 radical (unpaired) electrons. The summed E-state index contributed by atoms with van der Waals surface area (Å²) in [4.78, 5) is 0. The minimum atomic E-state index is 0. The van der Waals surface area contributed by atoms with Crippen LogP contribution in [0.4, 0.5) is 4.70 Å². The molecule has 0 saturated carbocycles. The molecular formula is C20H44FN. The third-order valence-electron chi connectivity index (χ3n) is 4.42. The molecule has 0 aliphatic rings. The Labute approximate surface area is 140 Å². The smallest absolute Gasteiger partial charge is 0.00970 e. The number of nitrogens with two attached hydrogens (primary N) is 1. The molecule has 0 aromatic rings. The Morgan fingerprint density at radius 1 is 0.545 bits per heavy atom. The topological polar surface area (TPSA) is 26.0 Å². The Bertz CT molecular complexity index is 198. The lowest BCUT2D eigenvalue weighted by molar-refractivity contribution is 0.440. The normalized spacial score (nSPS) is 11.5. The highest BCUT2D eigenvalue weighted by Crippen LogP contribution is 2.15. The second-order valence-corrected chi connectivity index (χ2v) is 7.69. The van der Waals surface area contributed by atoms with Gasteiger partial charge in [-0.05, 0) is 20.3 Å². The van der Waals surface area contributed by atoms with Crippen molar-refractivity contribution in [1.82, 2.24) is 0 Å². The largest absolute Gasteiger partial charge is 0.326 e. The third kappa shape index (κ3) is 22.2. The van der Waals surface area contributed by atoms with Crippen LogP contribution in [0.2, 0.25) is 0 Å². The zero-order valence-electron chi connectivity index (χ0n) is 15.8. The molecule has 22 heavy (non-hydrogen) atoms. The van der Waals surface area contributed by atoms with Crippen molar-refractivity contribution in [2.24, 2.45) is 5.73 Å². The van der Waals surface area contributed by atoms with Crippen LogP contribution < -0.4 is 5.73 Å². The molecule has 2 heteroatoms. The summed E-state index contributed by atoms with van der Waals surface area (Å²) in [5, 5.41) is 0. The molecule has 136 valence electrons. The summed E-state index contributed by atoms with van der Waals surface area (Å²) in [6, 6.07) is 0. The Morgan fingerprint density at radius 2 is 0.818 bits per heavy atom. The van der Waals surface area contributed by atoms with Crippen LogP contribution in [0, 0.1) is 0 Å². The lowest BCUT2D eigenvalue weighted by Crippen LogP contribution is -2.31. The highest BCUT2D eigenvalue weighted by molar-refractivity contribution is 4.70. The molecule has 0 fully saturated rings. The van der Waals surface area contributed by atoms with E-state index < -0.39 is 0 Å². The minimum Gasteiger partial charge on any atom is -0.326 e. The van der Waals surface area contributed by atoms with Crippen molar-refractivity contribution in [1.29, 1.82) is 0 Å². The summed E-state index contributed by atoms with van der Waals surface area (Å²) < 4.78 is 0. The van der Waals surface area contributed by atoms with Gasteiger partial charge in [-0.3, -0.25) is 4.70 Å². The molecule has 0 unspecified atom stereocenters. The van der Waals surface area contributed by atoms with Crippen LogP contribution in [0.15, 0.2) is 0 Å². The second-order valence-electron chi connectivity index (χ2n) is 7.69. The van der Waals surface area contributed by atoms with E-state index in [4.69, 9.17) is 5.73 Å². The molecule has 0 atom stereocenters. The van der Waals surface area contributed by atoms with Crippen LogP contribution in [0.1, 0.15) is 124 Å². The van der Waals surface area contributed by atoms with Crippen molar-refractivity contribution in [3.63, 3.8) is 0 Å². The number of halogens is 1. The fourth-order valence-corrected chi connectivity index (χ4v) is 2.95. The maximum atomic E-state index is 5.99. The van der Waals surface area contributed by atoms with Gasteiger partial charge in [-0.1, -0.05) is 103 Å². The Kier molecular flexibility index (Phi) is 18.9. The molecule has 0 spiro atoms. The molecular weight excluding hydrogens is 273 g/mol. The first-order chi connectivity index (χ1) is 10.1. The molecule has 1 nitrogen and oxygen atoms in total. The van der Waals surface area contributed by atoms with E-state index in [-0.39, 0.29) is 10.2 Å². The molecule has 0 bridgehead atoms. The van der Waals surface area contributed by atoms with Crippen molar-refractivity contribution in [3.8, 4) is 0 Å². The van der Waals surface area contributed by atoms with E-state index in [2.05, 4.69) is 20.8 Å². The van der Waals surface area contributed by atoms with E-state index in [0.29, 0.717) is 0 Å². The average Bonchev–Trinajstić information content (AvgIpc) is 2.42. The second kappa shape index (κ2) is 17.2. The van der Waals surface area contributed by atoms with E-state index in [9.17, 15) is 0 Å².